The Morgan fingerprint density at radius 2 is 2.25 bits per heavy atom. The van der Waals surface area contributed by atoms with E-state index in [-0.39, 0.29) is 0 Å². The van der Waals surface area contributed by atoms with Crippen LogP contribution in [0, 0.1) is 17.8 Å². The fourth-order valence-corrected chi connectivity index (χ4v) is 2.26. The van der Waals surface area contributed by atoms with Gasteiger partial charge in [0.1, 0.15) is 0 Å². The summed E-state index contributed by atoms with van der Waals surface area (Å²) in [5, 5.41) is 0. The molecule has 2 saturated carbocycles. The SMILES string of the molecule is CC1C[C]2CCC1C2. The maximum Gasteiger partial charge on any atom is -0.0235 e. The van der Waals surface area contributed by atoms with Crippen LogP contribution in [-0.2, 0) is 0 Å². The van der Waals surface area contributed by atoms with Crippen molar-refractivity contribution in [2.45, 2.75) is 32.6 Å². The predicted octanol–water partition coefficient (Wildman–Crippen LogP) is 2.40. The molecule has 0 N–H and O–H groups in total. The van der Waals surface area contributed by atoms with Crippen molar-refractivity contribution in [1.82, 2.24) is 0 Å². The van der Waals surface area contributed by atoms with Crippen LogP contribution >= 0.6 is 0 Å². The third-order valence-electron chi connectivity index (χ3n) is 2.83. The molecule has 0 amide bonds. The number of fused-ring (bicyclic) bond motifs is 2. The van der Waals surface area contributed by atoms with E-state index >= 15 is 0 Å². The van der Waals surface area contributed by atoms with E-state index in [1.54, 1.807) is 0 Å². The lowest BCUT2D eigenvalue weighted by Crippen LogP contribution is -2.04. The Hall–Kier alpha value is 0. The summed E-state index contributed by atoms with van der Waals surface area (Å²) in [7, 11) is 0. The van der Waals surface area contributed by atoms with Gasteiger partial charge in [-0.3, -0.25) is 0 Å². The first-order valence-corrected chi connectivity index (χ1v) is 3.70. The average molecular weight is 109 g/mol. The van der Waals surface area contributed by atoms with Gasteiger partial charge in [-0.25, -0.2) is 0 Å². The second kappa shape index (κ2) is 1.49. The fourth-order valence-electron chi connectivity index (χ4n) is 2.26. The summed E-state index contributed by atoms with van der Waals surface area (Å²) < 4.78 is 0. The maximum atomic E-state index is 2.40. The molecule has 0 heteroatoms. The molecule has 0 saturated heterocycles. The minimum absolute atomic E-state index is 1.04. The van der Waals surface area contributed by atoms with Gasteiger partial charge in [0.25, 0.3) is 0 Å². The van der Waals surface area contributed by atoms with Crippen molar-refractivity contribution in [2.24, 2.45) is 11.8 Å². The Bertz CT molecular complexity index is 94.2. The highest BCUT2D eigenvalue weighted by Crippen LogP contribution is 2.49. The average Bonchev–Trinajstić information content (AvgIpc) is 2.23. The van der Waals surface area contributed by atoms with Gasteiger partial charge in [0.15, 0.2) is 0 Å². The van der Waals surface area contributed by atoms with Crippen LogP contribution in [-0.4, -0.2) is 0 Å². The minimum atomic E-state index is 1.04. The van der Waals surface area contributed by atoms with Crippen LogP contribution in [0.5, 0.6) is 0 Å². The molecule has 1 radical (unpaired) electrons. The highest BCUT2D eigenvalue weighted by atomic mass is 14.4. The van der Waals surface area contributed by atoms with Crippen LogP contribution in [0.25, 0.3) is 0 Å². The Morgan fingerprint density at radius 1 is 1.38 bits per heavy atom. The smallest absolute Gasteiger partial charge is 0.0235 e. The van der Waals surface area contributed by atoms with Gasteiger partial charge in [-0.05, 0) is 43.4 Å². The predicted molar refractivity (Wildman–Crippen MR) is 34.4 cm³/mol. The van der Waals surface area contributed by atoms with Gasteiger partial charge in [0.2, 0.25) is 0 Å². The summed E-state index contributed by atoms with van der Waals surface area (Å²) in [5.41, 5.74) is 0. The Kier molecular flexibility index (Phi) is 0.902. The van der Waals surface area contributed by atoms with Crippen LogP contribution in [0.3, 0.4) is 0 Å². The van der Waals surface area contributed by atoms with E-state index in [1.807, 2.05) is 5.92 Å². The Morgan fingerprint density at radius 3 is 2.50 bits per heavy atom. The first-order chi connectivity index (χ1) is 3.86. The second-order valence-electron chi connectivity index (χ2n) is 3.43. The first-order valence-electron chi connectivity index (χ1n) is 3.70. The van der Waals surface area contributed by atoms with Crippen molar-refractivity contribution in [3.8, 4) is 0 Å². The molecule has 2 aliphatic carbocycles. The van der Waals surface area contributed by atoms with Gasteiger partial charge in [-0.2, -0.15) is 0 Å². The monoisotopic (exact) mass is 109 g/mol. The van der Waals surface area contributed by atoms with Crippen LogP contribution in [0.1, 0.15) is 32.6 Å². The van der Waals surface area contributed by atoms with Crippen LogP contribution in [0.4, 0.5) is 0 Å². The number of rotatable bonds is 0. The van der Waals surface area contributed by atoms with Crippen LogP contribution < -0.4 is 0 Å². The largest absolute Gasteiger partial charge is 0.0622 e. The first kappa shape index (κ1) is 4.84. The van der Waals surface area contributed by atoms with Gasteiger partial charge in [-0.1, -0.05) is 6.92 Å². The number of hydrogen-bond donors (Lipinski definition) is 0. The summed E-state index contributed by atoms with van der Waals surface area (Å²) in [5.74, 6) is 4.01. The van der Waals surface area contributed by atoms with Gasteiger partial charge < -0.3 is 0 Å². The minimum Gasteiger partial charge on any atom is -0.0622 e. The second-order valence-corrected chi connectivity index (χ2v) is 3.43. The molecule has 2 rings (SSSR count). The summed E-state index contributed by atoms with van der Waals surface area (Å²) in [6, 6.07) is 0. The van der Waals surface area contributed by atoms with Gasteiger partial charge >= 0.3 is 0 Å². The Balaban J connectivity index is 2.11. The molecule has 0 spiro atoms. The molecule has 0 aromatic rings. The summed E-state index contributed by atoms with van der Waals surface area (Å²) in [6.45, 7) is 2.40. The molecule has 8 heavy (non-hydrogen) atoms. The normalized spacial score (nSPS) is 46.1. The van der Waals surface area contributed by atoms with Crippen molar-refractivity contribution in [3.63, 3.8) is 0 Å². The summed E-state index contributed by atoms with van der Waals surface area (Å²) >= 11 is 0. The zero-order valence-electron chi connectivity index (χ0n) is 5.48. The van der Waals surface area contributed by atoms with E-state index in [9.17, 15) is 0 Å². The molecule has 0 heterocycles. The molecule has 45 valence electrons. The topological polar surface area (TPSA) is 0 Å². The zero-order valence-corrected chi connectivity index (χ0v) is 5.48. The quantitative estimate of drug-likeness (QED) is 0.448. The molecular weight excluding hydrogens is 96.1 g/mol. The van der Waals surface area contributed by atoms with Crippen molar-refractivity contribution in [2.75, 3.05) is 0 Å². The highest BCUT2D eigenvalue weighted by Gasteiger charge is 2.36. The van der Waals surface area contributed by atoms with E-state index in [0.717, 1.165) is 11.8 Å². The van der Waals surface area contributed by atoms with Crippen molar-refractivity contribution < 1.29 is 0 Å². The van der Waals surface area contributed by atoms with Gasteiger partial charge in [0, 0.05) is 0 Å². The van der Waals surface area contributed by atoms with E-state index in [2.05, 4.69) is 6.92 Å². The molecule has 2 bridgehead atoms. The van der Waals surface area contributed by atoms with Crippen molar-refractivity contribution in [3.05, 3.63) is 5.92 Å². The third-order valence-corrected chi connectivity index (χ3v) is 2.83. The van der Waals surface area contributed by atoms with E-state index in [4.69, 9.17) is 0 Å². The van der Waals surface area contributed by atoms with Crippen LogP contribution in [0.2, 0.25) is 0 Å². The maximum absolute atomic E-state index is 2.40. The standard InChI is InChI=1S/C8H13/c1-6-4-7-2-3-8(6)5-7/h6,8H,2-5H2,1H3. The molecule has 2 unspecified atom stereocenters. The van der Waals surface area contributed by atoms with Crippen LogP contribution in [0.15, 0.2) is 0 Å². The molecule has 2 fully saturated rings. The van der Waals surface area contributed by atoms with Gasteiger partial charge in [-0.15, -0.1) is 0 Å². The summed E-state index contributed by atoms with van der Waals surface area (Å²) in [6.07, 6.45) is 5.93. The van der Waals surface area contributed by atoms with Crippen molar-refractivity contribution >= 4 is 0 Å². The molecule has 0 aromatic carbocycles. The van der Waals surface area contributed by atoms with Gasteiger partial charge in [0.05, 0.1) is 0 Å². The lowest BCUT2D eigenvalue weighted by atomic mass is 9.91. The molecule has 0 nitrogen and oxygen atoms in total. The molecule has 2 atom stereocenters. The fraction of sp³-hybridized carbons (Fsp3) is 0.875. The van der Waals surface area contributed by atoms with E-state index in [1.165, 1.54) is 25.7 Å². The highest BCUT2D eigenvalue weighted by molar-refractivity contribution is 5.07. The third kappa shape index (κ3) is 0.519. The molecular formula is C8H13. The number of hydrogen-bond acceptors (Lipinski definition) is 0. The lowest BCUT2D eigenvalue weighted by Gasteiger charge is -2.15. The summed E-state index contributed by atoms with van der Waals surface area (Å²) in [4.78, 5) is 0. The molecule has 0 aliphatic heterocycles. The Labute approximate surface area is 51.3 Å². The van der Waals surface area contributed by atoms with E-state index in [0.29, 0.717) is 0 Å². The molecule has 0 aromatic heterocycles. The van der Waals surface area contributed by atoms with E-state index < -0.39 is 0 Å². The van der Waals surface area contributed by atoms with Crippen molar-refractivity contribution in [1.29, 1.82) is 0 Å². The lowest BCUT2D eigenvalue weighted by molar-refractivity contribution is 0.389. The zero-order chi connectivity index (χ0) is 5.56. The molecule has 2 aliphatic rings.